The highest BCUT2D eigenvalue weighted by Crippen LogP contribution is 2.24. The fourth-order valence-corrected chi connectivity index (χ4v) is 3.66. The molecule has 28 heavy (non-hydrogen) atoms. The minimum Gasteiger partial charge on any atom is -0.479 e. The van der Waals surface area contributed by atoms with Crippen molar-refractivity contribution < 1.29 is 19.4 Å². The zero-order chi connectivity index (χ0) is 19.9. The van der Waals surface area contributed by atoms with Gasteiger partial charge in [0.05, 0.1) is 0 Å². The molecule has 2 aromatic carbocycles. The first-order chi connectivity index (χ1) is 13.5. The van der Waals surface area contributed by atoms with Crippen LogP contribution in [0.1, 0.15) is 54.4 Å². The van der Waals surface area contributed by atoms with Gasteiger partial charge >= 0.3 is 5.97 Å². The predicted molar refractivity (Wildman–Crippen MR) is 117 cm³/mol. The van der Waals surface area contributed by atoms with Crippen LogP contribution in [-0.4, -0.2) is 23.0 Å². The fraction of sp³-hybridized carbons (Fsp3) is 0.304. The number of carbonyl (C=O) groups excluding carboxylic acids is 1. The molecule has 0 aliphatic heterocycles. The Morgan fingerprint density at radius 3 is 2.21 bits per heavy atom. The molecule has 0 heterocycles. The van der Waals surface area contributed by atoms with E-state index in [1.54, 1.807) is 36.4 Å². The van der Waals surface area contributed by atoms with Crippen molar-refractivity contribution in [1.82, 2.24) is 0 Å². The summed E-state index contributed by atoms with van der Waals surface area (Å²) < 4.78 is 6.76. The predicted octanol–water partition coefficient (Wildman–Crippen LogP) is 5.63. The third-order valence-corrected chi connectivity index (χ3v) is 5.61. The summed E-state index contributed by atoms with van der Waals surface area (Å²) in [7, 11) is 0. The number of carboxylic acids is 1. The Kier molecular flexibility index (Phi) is 7.25. The van der Waals surface area contributed by atoms with E-state index in [2.05, 4.69) is 28.7 Å². The number of ether oxygens (including phenoxy) is 1. The van der Waals surface area contributed by atoms with Crippen LogP contribution < -0.4 is 4.74 Å². The first-order valence-corrected chi connectivity index (χ1v) is 10.6. The molecule has 0 amide bonds. The standard InChI is InChI=1S/C23H23IO4/c24-19-11-7-17(8-12-19)22(25)18-9-13-20(14-10-18)28-21(23(26)27)15-6-16-4-2-1-3-5-16/h4,7-14,21H,1-3,5-6,15H2,(H,26,27). The molecule has 0 fully saturated rings. The minimum atomic E-state index is -0.963. The van der Waals surface area contributed by atoms with Crippen molar-refractivity contribution in [1.29, 1.82) is 0 Å². The molecule has 4 nitrogen and oxygen atoms in total. The summed E-state index contributed by atoms with van der Waals surface area (Å²) in [4.78, 5) is 24.1. The molecule has 0 saturated heterocycles. The maximum absolute atomic E-state index is 12.5. The van der Waals surface area contributed by atoms with Crippen molar-refractivity contribution >= 4 is 34.3 Å². The number of carbonyl (C=O) groups is 2. The second kappa shape index (κ2) is 9.87. The van der Waals surface area contributed by atoms with Crippen molar-refractivity contribution in [2.45, 2.75) is 44.6 Å². The zero-order valence-corrected chi connectivity index (χ0v) is 17.7. The SMILES string of the molecule is O=C(c1ccc(I)cc1)c1ccc(OC(CCC2=CCCCC2)C(=O)O)cc1. The van der Waals surface area contributed by atoms with Gasteiger partial charge in [-0.25, -0.2) is 4.79 Å². The van der Waals surface area contributed by atoms with Crippen LogP contribution in [-0.2, 0) is 4.79 Å². The highest BCUT2D eigenvalue weighted by Gasteiger charge is 2.20. The first kappa shape index (κ1) is 20.6. The van der Waals surface area contributed by atoms with E-state index in [-0.39, 0.29) is 5.78 Å². The van der Waals surface area contributed by atoms with Crippen LogP contribution in [0.25, 0.3) is 0 Å². The average Bonchev–Trinajstić information content (AvgIpc) is 2.72. The number of hydrogen-bond acceptors (Lipinski definition) is 3. The third-order valence-electron chi connectivity index (χ3n) is 4.89. The van der Waals surface area contributed by atoms with Gasteiger partial charge in [-0.15, -0.1) is 0 Å². The summed E-state index contributed by atoms with van der Waals surface area (Å²) in [6, 6.07) is 14.1. The van der Waals surface area contributed by atoms with E-state index in [9.17, 15) is 14.7 Å². The molecule has 0 spiro atoms. The number of halogens is 1. The maximum Gasteiger partial charge on any atom is 0.344 e. The second-order valence-corrected chi connectivity index (χ2v) is 8.20. The summed E-state index contributed by atoms with van der Waals surface area (Å²) in [5, 5.41) is 9.48. The molecule has 1 unspecified atom stereocenters. The minimum absolute atomic E-state index is 0.0676. The lowest BCUT2D eigenvalue weighted by Crippen LogP contribution is -2.27. The molecule has 0 bridgehead atoms. The van der Waals surface area contributed by atoms with Crippen LogP contribution in [0.2, 0.25) is 0 Å². The molecule has 1 atom stereocenters. The molecular weight excluding hydrogens is 467 g/mol. The molecule has 1 N–H and O–H groups in total. The molecule has 0 radical (unpaired) electrons. The van der Waals surface area contributed by atoms with Gasteiger partial charge in [-0.1, -0.05) is 11.6 Å². The molecule has 0 saturated carbocycles. The van der Waals surface area contributed by atoms with Crippen LogP contribution in [0.3, 0.4) is 0 Å². The number of ketones is 1. The van der Waals surface area contributed by atoms with Crippen molar-refractivity contribution in [3.8, 4) is 5.75 Å². The van der Waals surface area contributed by atoms with E-state index in [1.807, 2.05) is 12.1 Å². The number of benzene rings is 2. The Balaban J connectivity index is 1.62. The molecule has 3 rings (SSSR count). The van der Waals surface area contributed by atoms with E-state index in [0.717, 1.165) is 22.8 Å². The monoisotopic (exact) mass is 490 g/mol. The van der Waals surface area contributed by atoms with Gasteiger partial charge in [-0.2, -0.15) is 0 Å². The molecule has 2 aromatic rings. The lowest BCUT2D eigenvalue weighted by molar-refractivity contribution is -0.145. The Hall–Kier alpha value is -2.15. The molecule has 1 aliphatic rings. The van der Waals surface area contributed by atoms with Gasteiger partial charge in [0.25, 0.3) is 0 Å². The number of aliphatic carboxylic acids is 1. The summed E-state index contributed by atoms with van der Waals surface area (Å²) in [5.41, 5.74) is 2.51. The quantitative estimate of drug-likeness (QED) is 0.296. The number of allylic oxidation sites excluding steroid dienone is 2. The van der Waals surface area contributed by atoms with Crippen LogP contribution in [0.15, 0.2) is 60.2 Å². The van der Waals surface area contributed by atoms with Crippen LogP contribution in [0, 0.1) is 3.57 Å². The van der Waals surface area contributed by atoms with Crippen molar-refractivity contribution in [3.05, 3.63) is 74.9 Å². The van der Waals surface area contributed by atoms with Gasteiger partial charge in [-0.3, -0.25) is 4.79 Å². The van der Waals surface area contributed by atoms with E-state index in [0.29, 0.717) is 23.3 Å². The van der Waals surface area contributed by atoms with Gasteiger partial charge in [-0.05, 0) is 110 Å². The van der Waals surface area contributed by atoms with E-state index in [1.165, 1.54) is 18.4 Å². The van der Waals surface area contributed by atoms with Gasteiger partial charge < -0.3 is 9.84 Å². The smallest absolute Gasteiger partial charge is 0.344 e. The van der Waals surface area contributed by atoms with Crippen LogP contribution in [0.4, 0.5) is 0 Å². The van der Waals surface area contributed by atoms with E-state index in [4.69, 9.17) is 4.74 Å². The van der Waals surface area contributed by atoms with Crippen molar-refractivity contribution in [3.63, 3.8) is 0 Å². The molecule has 1 aliphatic carbocycles. The van der Waals surface area contributed by atoms with Crippen LogP contribution in [0.5, 0.6) is 5.75 Å². The Morgan fingerprint density at radius 1 is 1.00 bits per heavy atom. The summed E-state index contributed by atoms with van der Waals surface area (Å²) >= 11 is 2.20. The summed E-state index contributed by atoms with van der Waals surface area (Å²) in [5.74, 6) is -0.568. The molecule has 146 valence electrons. The number of rotatable bonds is 8. The van der Waals surface area contributed by atoms with E-state index >= 15 is 0 Å². The topological polar surface area (TPSA) is 63.6 Å². The Labute approximate surface area is 178 Å². The van der Waals surface area contributed by atoms with E-state index < -0.39 is 12.1 Å². The molecular formula is C23H23IO4. The maximum atomic E-state index is 12.5. The lowest BCUT2D eigenvalue weighted by Gasteiger charge is -2.18. The van der Waals surface area contributed by atoms with Gasteiger partial charge in [0, 0.05) is 14.7 Å². The Bertz CT molecular complexity index is 853. The largest absolute Gasteiger partial charge is 0.479 e. The van der Waals surface area contributed by atoms with Crippen molar-refractivity contribution in [2.75, 3.05) is 0 Å². The highest BCUT2D eigenvalue weighted by atomic mass is 127. The zero-order valence-electron chi connectivity index (χ0n) is 15.6. The second-order valence-electron chi connectivity index (χ2n) is 6.95. The molecule has 0 aromatic heterocycles. The van der Waals surface area contributed by atoms with Gasteiger partial charge in [0.2, 0.25) is 0 Å². The average molecular weight is 490 g/mol. The van der Waals surface area contributed by atoms with Crippen LogP contribution >= 0.6 is 22.6 Å². The number of carboxylic acid groups (broad SMARTS) is 1. The summed E-state index contributed by atoms with van der Waals surface area (Å²) in [6.45, 7) is 0. The molecule has 5 heteroatoms. The summed E-state index contributed by atoms with van der Waals surface area (Å²) in [6.07, 6.45) is 7.08. The lowest BCUT2D eigenvalue weighted by atomic mass is 9.95. The first-order valence-electron chi connectivity index (χ1n) is 9.50. The van der Waals surface area contributed by atoms with Gasteiger partial charge in [0.1, 0.15) is 5.75 Å². The fourth-order valence-electron chi connectivity index (χ4n) is 3.30. The van der Waals surface area contributed by atoms with Crippen molar-refractivity contribution in [2.24, 2.45) is 0 Å². The Morgan fingerprint density at radius 2 is 1.64 bits per heavy atom. The third kappa shape index (κ3) is 5.67. The normalized spacial score (nSPS) is 14.8. The van der Waals surface area contributed by atoms with Gasteiger partial charge in [0.15, 0.2) is 11.9 Å². The highest BCUT2D eigenvalue weighted by molar-refractivity contribution is 14.1. The number of hydrogen-bond donors (Lipinski definition) is 1.